The van der Waals surface area contributed by atoms with E-state index in [1.807, 2.05) is 74.3 Å². The van der Waals surface area contributed by atoms with Gasteiger partial charge in [-0.3, -0.25) is 4.79 Å². The molecule has 1 aliphatic heterocycles. The first kappa shape index (κ1) is 38.3. The van der Waals surface area contributed by atoms with Crippen LogP contribution in [-0.4, -0.2) is 65.9 Å². The lowest BCUT2D eigenvalue weighted by Crippen LogP contribution is -2.50. The molecule has 3 aromatic carbocycles. The number of hydrogen-bond acceptors (Lipinski definition) is 4. The number of nitrogens with zero attached hydrogens (tertiary/aromatic N) is 2. The number of rotatable bonds is 13. The summed E-state index contributed by atoms with van der Waals surface area (Å²) in [6.45, 7) is 12.3. The molecule has 1 saturated heterocycles. The van der Waals surface area contributed by atoms with Crippen LogP contribution < -0.4 is 10.1 Å². The Balaban J connectivity index is 0.000000282. The molecule has 1 aliphatic rings. The topological polar surface area (TPSA) is 77.7 Å². The normalized spacial score (nSPS) is 14.5. The van der Waals surface area contributed by atoms with E-state index in [2.05, 4.69) is 66.6 Å². The Labute approximate surface area is 289 Å². The summed E-state index contributed by atoms with van der Waals surface area (Å²) in [5.41, 5.74) is 6.04. The van der Waals surface area contributed by atoms with E-state index < -0.39 is 6.04 Å². The summed E-state index contributed by atoms with van der Waals surface area (Å²) in [5.74, 6) is 1.03. The quantitative estimate of drug-likeness (QED) is 0.151. The number of carbonyl (C=O) groups is 2. The molecule has 0 bridgehead atoms. The number of hydrogen-bond donors (Lipinski definition) is 2. The third-order valence-electron chi connectivity index (χ3n) is 8.56. The first-order valence-corrected chi connectivity index (χ1v) is 17.8. The Morgan fingerprint density at radius 2 is 1.71 bits per heavy atom. The molecule has 0 spiro atoms. The van der Waals surface area contributed by atoms with E-state index in [0.29, 0.717) is 6.42 Å². The third-order valence-corrected chi connectivity index (χ3v) is 8.56. The number of unbranched alkanes of at least 4 members (excludes halogenated alkanes) is 1. The van der Waals surface area contributed by atoms with Crippen molar-refractivity contribution in [3.63, 3.8) is 0 Å². The maximum absolute atomic E-state index is 13.0. The predicted molar refractivity (Wildman–Crippen MR) is 200 cm³/mol. The molecule has 1 fully saturated rings. The second-order valence-corrected chi connectivity index (χ2v) is 12.6. The minimum absolute atomic E-state index is 0.0255. The number of fused-ring (bicyclic) bond motifs is 1. The van der Waals surface area contributed by atoms with Crippen LogP contribution in [0.3, 0.4) is 0 Å². The fraction of sp³-hybridized carbons (Fsp3) is 0.463. The highest BCUT2D eigenvalue weighted by Gasteiger charge is 2.31. The lowest BCUT2D eigenvalue weighted by Gasteiger charge is -2.27. The average molecular weight is 655 g/mol. The number of Topliss-reactive ketones (excluding diaryl/α,β-unsaturated/α-hetero) is 1. The highest BCUT2D eigenvalue weighted by molar-refractivity contribution is 5.89. The van der Waals surface area contributed by atoms with Gasteiger partial charge in [-0.1, -0.05) is 87.9 Å². The van der Waals surface area contributed by atoms with E-state index in [1.165, 1.54) is 29.5 Å². The summed E-state index contributed by atoms with van der Waals surface area (Å²) >= 11 is 0. The molecular formula is C41H58N4O3. The molecule has 1 aromatic heterocycles. The van der Waals surface area contributed by atoms with Crippen LogP contribution in [0.15, 0.2) is 79.0 Å². The molecule has 2 N–H and O–H groups in total. The number of para-hydroxylation sites is 1. The maximum atomic E-state index is 13.0. The number of ketones is 1. The van der Waals surface area contributed by atoms with Gasteiger partial charge in [0.15, 0.2) is 5.78 Å². The number of ether oxygens (including phenoxy) is 1. The molecule has 48 heavy (non-hydrogen) atoms. The molecule has 0 saturated carbocycles. The number of aromatic nitrogens is 1. The van der Waals surface area contributed by atoms with E-state index in [0.717, 1.165) is 67.6 Å². The predicted octanol–water partition coefficient (Wildman–Crippen LogP) is 8.60. The van der Waals surface area contributed by atoms with Crippen molar-refractivity contribution in [3.05, 3.63) is 101 Å². The van der Waals surface area contributed by atoms with Crippen LogP contribution in [0, 0.1) is 0 Å². The van der Waals surface area contributed by atoms with E-state index >= 15 is 0 Å². The molecule has 0 aliphatic carbocycles. The molecular weight excluding hydrogens is 596 g/mol. The Hall–Kier alpha value is -4.10. The molecule has 4 aromatic rings. The van der Waals surface area contributed by atoms with Crippen LogP contribution in [0.25, 0.3) is 10.9 Å². The zero-order chi connectivity index (χ0) is 34.9. The van der Waals surface area contributed by atoms with Crippen LogP contribution in [0.1, 0.15) is 82.6 Å². The number of urea groups is 1. The minimum Gasteiger partial charge on any atom is -0.494 e. The smallest absolute Gasteiger partial charge is 0.318 e. The summed E-state index contributed by atoms with van der Waals surface area (Å²) in [5, 5.41) is 4.09. The van der Waals surface area contributed by atoms with Gasteiger partial charge < -0.3 is 24.8 Å². The second kappa shape index (κ2) is 20.3. The van der Waals surface area contributed by atoms with Crippen LogP contribution in [0.4, 0.5) is 4.79 Å². The Bertz CT molecular complexity index is 1530. The molecule has 2 heterocycles. The lowest BCUT2D eigenvalue weighted by molar-refractivity contribution is -0.118. The Kier molecular flexibility index (Phi) is 16.2. The first-order valence-electron chi connectivity index (χ1n) is 17.8. The highest BCUT2D eigenvalue weighted by atomic mass is 16.5. The number of benzene rings is 3. The number of likely N-dealkylation sites (tertiary alicyclic amines) is 1. The van der Waals surface area contributed by atoms with Gasteiger partial charge in [-0.2, -0.15) is 0 Å². The number of H-pyrrole nitrogens is 1. The maximum Gasteiger partial charge on any atom is 0.318 e. The van der Waals surface area contributed by atoms with Crippen molar-refractivity contribution < 1.29 is 14.3 Å². The fourth-order valence-corrected chi connectivity index (χ4v) is 6.21. The monoisotopic (exact) mass is 654 g/mol. The van der Waals surface area contributed by atoms with Crippen molar-refractivity contribution in [2.75, 3.05) is 27.2 Å². The molecule has 7 nitrogen and oxygen atoms in total. The van der Waals surface area contributed by atoms with Gasteiger partial charge >= 0.3 is 6.03 Å². The van der Waals surface area contributed by atoms with Crippen molar-refractivity contribution in [1.82, 2.24) is 20.1 Å². The summed E-state index contributed by atoms with van der Waals surface area (Å²) in [6, 6.07) is 24.4. The van der Waals surface area contributed by atoms with Gasteiger partial charge in [0.2, 0.25) is 0 Å². The standard InChI is InChI=1S/C24H27N3O2.C15H25NO.C2H6/c1-17(28)23(15-19-16-25-22-12-6-5-11-21(19)22)26-24(29)27-13-7-10-20(27)14-18-8-3-2-4-9-18;1-5-7-8-14-11-13(12-16(3)4)9-10-15(14)17-6-2;1-2/h2-6,8-9,11-12,16,20,23,25H,7,10,13-15H2,1H3,(H,26,29);9-11H,5-8,12H2,1-4H3;1-2H3. The zero-order valence-corrected chi connectivity index (χ0v) is 30.4. The van der Waals surface area contributed by atoms with Gasteiger partial charge in [-0.25, -0.2) is 4.79 Å². The van der Waals surface area contributed by atoms with Crippen molar-refractivity contribution >= 4 is 22.7 Å². The lowest BCUT2D eigenvalue weighted by atomic mass is 10.0. The van der Waals surface area contributed by atoms with Crippen molar-refractivity contribution in [3.8, 4) is 5.75 Å². The van der Waals surface area contributed by atoms with Gasteiger partial charge in [0, 0.05) is 42.7 Å². The fourth-order valence-electron chi connectivity index (χ4n) is 6.21. The number of nitrogens with one attached hydrogen (secondary N) is 2. The van der Waals surface area contributed by atoms with E-state index in [9.17, 15) is 9.59 Å². The molecule has 260 valence electrons. The van der Waals surface area contributed by atoms with Gasteiger partial charge in [-0.05, 0) is 94.4 Å². The van der Waals surface area contributed by atoms with Gasteiger partial charge in [0.25, 0.3) is 0 Å². The largest absolute Gasteiger partial charge is 0.494 e. The summed E-state index contributed by atoms with van der Waals surface area (Å²) in [6.07, 6.45) is 8.83. The summed E-state index contributed by atoms with van der Waals surface area (Å²) in [7, 11) is 4.20. The second-order valence-electron chi connectivity index (χ2n) is 12.6. The van der Waals surface area contributed by atoms with E-state index in [4.69, 9.17) is 4.74 Å². The molecule has 7 heteroatoms. The van der Waals surface area contributed by atoms with Crippen molar-refractivity contribution in [2.45, 2.75) is 98.2 Å². The van der Waals surface area contributed by atoms with E-state index in [1.54, 1.807) is 6.92 Å². The molecule has 2 amide bonds. The number of carbonyl (C=O) groups excluding carboxylic acids is 2. The van der Waals surface area contributed by atoms with E-state index in [-0.39, 0.29) is 17.9 Å². The van der Waals surface area contributed by atoms with Crippen LogP contribution in [0.2, 0.25) is 0 Å². The molecule has 2 unspecified atom stereocenters. The minimum atomic E-state index is -0.528. The van der Waals surface area contributed by atoms with Gasteiger partial charge in [0.1, 0.15) is 5.75 Å². The van der Waals surface area contributed by atoms with Gasteiger partial charge in [-0.15, -0.1) is 0 Å². The summed E-state index contributed by atoms with van der Waals surface area (Å²) < 4.78 is 5.68. The van der Waals surface area contributed by atoms with Gasteiger partial charge in [0.05, 0.1) is 12.6 Å². The molecule has 0 radical (unpaired) electrons. The zero-order valence-electron chi connectivity index (χ0n) is 30.4. The average Bonchev–Trinajstić information content (AvgIpc) is 3.73. The Morgan fingerprint density at radius 1 is 0.979 bits per heavy atom. The van der Waals surface area contributed by atoms with Crippen LogP contribution in [0.5, 0.6) is 5.75 Å². The van der Waals surface area contributed by atoms with Crippen molar-refractivity contribution in [2.24, 2.45) is 0 Å². The Morgan fingerprint density at radius 3 is 2.40 bits per heavy atom. The number of aryl methyl sites for hydroxylation is 1. The molecule has 2 atom stereocenters. The highest BCUT2D eigenvalue weighted by Crippen LogP contribution is 2.24. The SMILES string of the molecule is CC.CC(=O)C(Cc1c[nH]c2ccccc12)NC(=O)N1CCCC1Cc1ccccc1.CCCCc1cc(CN(C)C)ccc1OCC. The van der Waals surface area contributed by atoms with Crippen molar-refractivity contribution in [1.29, 1.82) is 0 Å². The van der Waals surface area contributed by atoms with Crippen LogP contribution in [-0.2, 0) is 30.6 Å². The number of aromatic amines is 1. The van der Waals surface area contributed by atoms with Crippen LogP contribution >= 0.6 is 0 Å². The summed E-state index contributed by atoms with van der Waals surface area (Å²) in [4.78, 5) is 32.6. The molecule has 5 rings (SSSR count). The third kappa shape index (κ3) is 11.6. The number of amides is 2. The first-order chi connectivity index (χ1) is 23.3.